The van der Waals surface area contributed by atoms with E-state index in [2.05, 4.69) is 4.74 Å². The van der Waals surface area contributed by atoms with E-state index in [1.165, 1.54) is 0 Å². The summed E-state index contributed by atoms with van der Waals surface area (Å²) < 4.78 is 91.4. The summed E-state index contributed by atoms with van der Waals surface area (Å²) in [7, 11) is 0. The SMILES string of the molecule is N#CC(F)OCc1cc(C(F)(F)F)cc(C(F)(F)F)c1. The standard InChI is InChI=1S/C11H6F7NO/c12-9(4-19)20-5-6-1-7(10(13,14)15)3-8(2-6)11(16,17)18/h1-3,9H,5H2. The number of benzene rings is 1. The molecule has 1 rings (SSSR count). The fourth-order valence-corrected chi connectivity index (χ4v) is 1.31. The van der Waals surface area contributed by atoms with Gasteiger partial charge in [0.15, 0.2) is 0 Å². The van der Waals surface area contributed by atoms with E-state index in [-0.39, 0.29) is 6.07 Å². The Bertz CT molecular complexity index is 483. The zero-order valence-electron chi connectivity index (χ0n) is 9.52. The molecule has 0 amide bonds. The number of nitrogens with zero attached hydrogens (tertiary/aromatic N) is 1. The molecule has 110 valence electrons. The van der Waals surface area contributed by atoms with E-state index in [1.807, 2.05) is 0 Å². The zero-order valence-corrected chi connectivity index (χ0v) is 9.52. The summed E-state index contributed by atoms with van der Waals surface area (Å²) in [5.74, 6) is 0. The molecule has 0 aliphatic rings. The predicted molar refractivity (Wildman–Crippen MR) is 51.7 cm³/mol. The number of halogens is 7. The molecule has 0 N–H and O–H groups in total. The van der Waals surface area contributed by atoms with Gasteiger partial charge >= 0.3 is 12.4 Å². The topological polar surface area (TPSA) is 33.0 Å². The summed E-state index contributed by atoms with van der Waals surface area (Å²) >= 11 is 0. The van der Waals surface area contributed by atoms with Crippen molar-refractivity contribution < 1.29 is 35.5 Å². The Morgan fingerprint density at radius 1 is 1.00 bits per heavy atom. The lowest BCUT2D eigenvalue weighted by Gasteiger charge is -2.14. The van der Waals surface area contributed by atoms with Crippen molar-refractivity contribution >= 4 is 0 Å². The Morgan fingerprint density at radius 3 is 1.80 bits per heavy atom. The third-order valence-electron chi connectivity index (χ3n) is 2.15. The Labute approximate surface area is 108 Å². The molecule has 1 aromatic carbocycles. The molecule has 0 saturated heterocycles. The second-order valence-corrected chi connectivity index (χ2v) is 3.67. The molecule has 0 fully saturated rings. The van der Waals surface area contributed by atoms with Crippen LogP contribution in [-0.4, -0.2) is 6.36 Å². The average molecular weight is 301 g/mol. The van der Waals surface area contributed by atoms with Gasteiger partial charge < -0.3 is 4.74 Å². The summed E-state index contributed by atoms with van der Waals surface area (Å²) in [5.41, 5.74) is -3.60. The highest BCUT2D eigenvalue weighted by atomic mass is 19.4. The van der Waals surface area contributed by atoms with Crippen molar-refractivity contribution in [3.05, 3.63) is 34.9 Å². The minimum Gasteiger partial charge on any atom is -0.332 e. The second-order valence-electron chi connectivity index (χ2n) is 3.67. The Hall–Kier alpha value is -1.82. The van der Waals surface area contributed by atoms with Gasteiger partial charge in [-0.1, -0.05) is 0 Å². The maximum atomic E-state index is 12.5. The molecule has 0 aromatic heterocycles. The molecule has 1 atom stereocenters. The fourth-order valence-electron chi connectivity index (χ4n) is 1.31. The van der Waals surface area contributed by atoms with E-state index >= 15 is 0 Å². The Morgan fingerprint density at radius 2 is 1.45 bits per heavy atom. The van der Waals surface area contributed by atoms with Gasteiger partial charge in [-0.2, -0.15) is 36.0 Å². The van der Waals surface area contributed by atoms with Crippen LogP contribution in [0.4, 0.5) is 30.7 Å². The van der Waals surface area contributed by atoms with Gasteiger partial charge in [0.1, 0.15) is 6.07 Å². The third kappa shape index (κ3) is 4.38. The molecule has 0 heterocycles. The van der Waals surface area contributed by atoms with E-state index < -0.39 is 42.0 Å². The molecule has 0 aliphatic carbocycles. The third-order valence-corrected chi connectivity index (χ3v) is 2.15. The van der Waals surface area contributed by atoms with Gasteiger partial charge in [-0.05, 0) is 23.8 Å². The largest absolute Gasteiger partial charge is 0.416 e. The molecule has 1 unspecified atom stereocenters. The monoisotopic (exact) mass is 301 g/mol. The zero-order chi connectivity index (χ0) is 15.6. The Kier molecular flexibility index (Phi) is 4.60. The first-order chi connectivity index (χ1) is 9.04. The van der Waals surface area contributed by atoms with Crippen LogP contribution in [0.15, 0.2) is 18.2 Å². The first-order valence-electron chi connectivity index (χ1n) is 4.97. The van der Waals surface area contributed by atoms with E-state index in [0.29, 0.717) is 12.1 Å². The van der Waals surface area contributed by atoms with Crippen LogP contribution in [0.1, 0.15) is 16.7 Å². The summed E-state index contributed by atoms with van der Waals surface area (Å²) in [6, 6.07) is 1.74. The van der Waals surface area contributed by atoms with Crippen molar-refractivity contribution in [3.8, 4) is 6.07 Å². The number of ether oxygens (including phenoxy) is 1. The normalized spacial score (nSPS) is 13.9. The first-order valence-corrected chi connectivity index (χ1v) is 4.97. The van der Waals surface area contributed by atoms with Crippen molar-refractivity contribution in [1.29, 1.82) is 5.26 Å². The summed E-state index contributed by atoms with van der Waals surface area (Å²) in [6.07, 6.45) is -12.4. The van der Waals surface area contributed by atoms with Crippen LogP contribution in [0.5, 0.6) is 0 Å². The highest BCUT2D eigenvalue weighted by Gasteiger charge is 2.36. The van der Waals surface area contributed by atoms with Crippen molar-refractivity contribution in [2.45, 2.75) is 25.3 Å². The lowest BCUT2D eigenvalue weighted by atomic mass is 10.1. The van der Waals surface area contributed by atoms with Crippen molar-refractivity contribution in [2.75, 3.05) is 0 Å². The van der Waals surface area contributed by atoms with E-state index in [1.54, 1.807) is 0 Å². The van der Waals surface area contributed by atoms with Crippen molar-refractivity contribution in [2.24, 2.45) is 0 Å². The van der Waals surface area contributed by atoms with Gasteiger partial charge in [0.2, 0.25) is 0 Å². The highest BCUT2D eigenvalue weighted by Crippen LogP contribution is 2.36. The number of nitriles is 1. The van der Waals surface area contributed by atoms with E-state index in [4.69, 9.17) is 5.26 Å². The summed E-state index contributed by atoms with van der Waals surface area (Å²) in [4.78, 5) is 0. The molecule has 0 saturated carbocycles. The quantitative estimate of drug-likeness (QED) is 0.789. The van der Waals surface area contributed by atoms with Gasteiger partial charge in [-0.3, -0.25) is 0 Å². The van der Waals surface area contributed by atoms with Gasteiger partial charge in [0.05, 0.1) is 17.7 Å². The van der Waals surface area contributed by atoms with Crippen LogP contribution in [0.3, 0.4) is 0 Å². The minimum atomic E-state index is -4.99. The van der Waals surface area contributed by atoms with Crippen LogP contribution < -0.4 is 0 Å². The first kappa shape index (κ1) is 16.2. The minimum absolute atomic E-state index is 0.0548. The fraction of sp³-hybridized carbons (Fsp3) is 0.364. The second kappa shape index (κ2) is 5.66. The average Bonchev–Trinajstić information content (AvgIpc) is 2.33. The molecule has 0 aliphatic heterocycles. The number of hydrogen-bond donors (Lipinski definition) is 0. The van der Waals surface area contributed by atoms with E-state index in [0.717, 1.165) is 6.07 Å². The summed E-state index contributed by atoms with van der Waals surface area (Å²) in [5, 5.41) is 8.07. The lowest BCUT2D eigenvalue weighted by Crippen LogP contribution is -2.12. The molecular formula is C11H6F7NO. The molecule has 9 heteroatoms. The van der Waals surface area contributed by atoms with Crippen molar-refractivity contribution in [1.82, 2.24) is 0 Å². The van der Waals surface area contributed by atoms with Gasteiger partial charge in [0, 0.05) is 0 Å². The molecule has 2 nitrogen and oxygen atoms in total. The van der Waals surface area contributed by atoms with Crippen LogP contribution in [-0.2, 0) is 23.7 Å². The number of rotatable bonds is 3. The van der Waals surface area contributed by atoms with Crippen LogP contribution in [0, 0.1) is 11.3 Å². The molecule has 0 radical (unpaired) electrons. The maximum absolute atomic E-state index is 12.5. The van der Waals surface area contributed by atoms with Crippen molar-refractivity contribution in [3.63, 3.8) is 0 Å². The number of alkyl halides is 7. The predicted octanol–water partition coefficient (Wildman–Crippen LogP) is 4.06. The van der Waals surface area contributed by atoms with E-state index in [9.17, 15) is 30.7 Å². The highest BCUT2D eigenvalue weighted by molar-refractivity contribution is 5.33. The van der Waals surface area contributed by atoms with Gasteiger partial charge in [-0.15, -0.1) is 0 Å². The van der Waals surface area contributed by atoms with Crippen LogP contribution in [0.2, 0.25) is 0 Å². The maximum Gasteiger partial charge on any atom is 0.416 e. The molecule has 20 heavy (non-hydrogen) atoms. The molecule has 0 spiro atoms. The van der Waals surface area contributed by atoms with Crippen LogP contribution >= 0.6 is 0 Å². The molecule has 0 bridgehead atoms. The van der Waals surface area contributed by atoms with Crippen LogP contribution in [0.25, 0.3) is 0 Å². The lowest BCUT2D eigenvalue weighted by molar-refractivity contribution is -0.143. The van der Waals surface area contributed by atoms with Gasteiger partial charge in [-0.25, -0.2) is 0 Å². The summed E-state index contributed by atoms with van der Waals surface area (Å²) in [6.45, 7) is -0.887. The number of hydrogen-bond acceptors (Lipinski definition) is 2. The Balaban J connectivity index is 3.15. The molecular weight excluding hydrogens is 295 g/mol. The molecule has 1 aromatic rings. The smallest absolute Gasteiger partial charge is 0.332 e. The van der Waals surface area contributed by atoms with Gasteiger partial charge in [0.25, 0.3) is 6.36 Å².